The highest BCUT2D eigenvalue weighted by Crippen LogP contribution is 2.54. The van der Waals surface area contributed by atoms with E-state index in [-0.39, 0.29) is 23.1 Å². The van der Waals surface area contributed by atoms with Gasteiger partial charge in [0.2, 0.25) is 0 Å². The summed E-state index contributed by atoms with van der Waals surface area (Å²) in [5, 5.41) is 23.2. The van der Waals surface area contributed by atoms with Gasteiger partial charge in [0.25, 0.3) is 5.56 Å². The highest BCUT2D eigenvalue weighted by atomic mass is 16.3. The summed E-state index contributed by atoms with van der Waals surface area (Å²) in [5.74, 6) is 0.557. The van der Waals surface area contributed by atoms with E-state index in [1.807, 2.05) is 19.1 Å². The van der Waals surface area contributed by atoms with Crippen molar-refractivity contribution < 1.29 is 15.0 Å². The third-order valence-electron chi connectivity index (χ3n) is 9.25. The predicted octanol–water partition coefficient (Wildman–Crippen LogP) is 3.89. The number of aromatic amines is 1. The number of nitrogens with zero attached hydrogens (tertiary/aromatic N) is 1. The molecule has 0 radical (unpaired) electrons. The van der Waals surface area contributed by atoms with Crippen molar-refractivity contribution >= 4 is 5.78 Å². The number of phenols is 1. The minimum absolute atomic E-state index is 0.105. The molecule has 0 bridgehead atoms. The van der Waals surface area contributed by atoms with Gasteiger partial charge in [0.1, 0.15) is 5.75 Å². The van der Waals surface area contributed by atoms with Crippen molar-refractivity contribution in [2.45, 2.75) is 63.0 Å². The van der Waals surface area contributed by atoms with Crippen LogP contribution in [-0.2, 0) is 18.3 Å². The summed E-state index contributed by atoms with van der Waals surface area (Å²) in [4.78, 5) is 31.8. The van der Waals surface area contributed by atoms with Crippen LogP contribution in [-0.4, -0.2) is 50.6 Å². The zero-order chi connectivity index (χ0) is 25.9. The smallest absolute Gasteiger partial charge is 0.259 e. The van der Waals surface area contributed by atoms with Crippen molar-refractivity contribution in [1.29, 1.82) is 0 Å². The summed E-state index contributed by atoms with van der Waals surface area (Å²) in [5.41, 5.74) is 1.89. The maximum absolute atomic E-state index is 13.2. The zero-order valence-electron chi connectivity index (χ0n) is 21.5. The Bertz CT molecular complexity index is 1430. The Morgan fingerprint density at radius 1 is 1.11 bits per heavy atom. The number of aryl methyl sites for hydroxylation is 1. The van der Waals surface area contributed by atoms with Crippen LogP contribution in [0.5, 0.6) is 5.75 Å². The van der Waals surface area contributed by atoms with Gasteiger partial charge in [-0.05, 0) is 80.5 Å². The van der Waals surface area contributed by atoms with E-state index in [9.17, 15) is 19.8 Å². The van der Waals surface area contributed by atoms with E-state index < -0.39 is 16.6 Å². The number of fused-ring (bicyclic) bond motifs is 2. The first kappa shape index (κ1) is 24.1. The molecule has 1 aromatic heterocycles. The van der Waals surface area contributed by atoms with Gasteiger partial charge in [0.15, 0.2) is 5.78 Å². The van der Waals surface area contributed by atoms with E-state index in [2.05, 4.69) is 16.8 Å². The average Bonchev–Trinajstić information content (AvgIpc) is 3.71. The molecule has 1 aliphatic heterocycles. The molecule has 0 spiro atoms. The summed E-state index contributed by atoms with van der Waals surface area (Å²) in [6, 6.07) is 15.8. The Hall–Kier alpha value is -3.22. The van der Waals surface area contributed by atoms with Gasteiger partial charge in [-0.3, -0.25) is 14.5 Å². The lowest BCUT2D eigenvalue weighted by Gasteiger charge is -2.60. The molecule has 1 unspecified atom stereocenters. The van der Waals surface area contributed by atoms with Crippen molar-refractivity contribution in [2.75, 3.05) is 13.1 Å². The maximum atomic E-state index is 13.2. The molecule has 1 saturated heterocycles. The zero-order valence-corrected chi connectivity index (χ0v) is 21.5. The molecule has 2 aliphatic carbocycles. The third-order valence-corrected chi connectivity index (χ3v) is 9.25. The molecule has 37 heavy (non-hydrogen) atoms. The molecule has 0 amide bonds. The normalized spacial score (nSPS) is 27.4. The van der Waals surface area contributed by atoms with Crippen LogP contribution in [0, 0.1) is 12.8 Å². The summed E-state index contributed by atoms with van der Waals surface area (Å²) in [6.07, 6.45) is 3.98. The maximum Gasteiger partial charge on any atom is 0.259 e. The van der Waals surface area contributed by atoms with Gasteiger partial charge in [-0.15, -0.1) is 0 Å². The number of phenolic OH excluding ortho intramolecular Hbond substituents is 1. The van der Waals surface area contributed by atoms with Gasteiger partial charge in [-0.1, -0.05) is 36.4 Å². The number of ketones is 1. The van der Waals surface area contributed by atoms with Gasteiger partial charge in [-0.2, -0.15) is 0 Å². The second-order valence-electron chi connectivity index (χ2n) is 11.4. The summed E-state index contributed by atoms with van der Waals surface area (Å²) in [6.45, 7) is 5.96. The number of aromatic hydroxyl groups is 1. The number of benzene rings is 2. The Kier molecular flexibility index (Phi) is 5.66. The average molecular weight is 499 g/mol. The van der Waals surface area contributed by atoms with Crippen LogP contribution in [0.3, 0.4) is 0 Å². The number of H-pyrrole nitrogens is 1. The Morgan fingerprint density at radius 2 is 1.86 bits per heavy atom. The fourth-order valence-electron chi connectivity index (χ4n) is 6.91. The molecule has 2 aromatic carbocycles. The summed E-state index contributed by atoms with van der Waals surface area (Å²) in [7, 11) is 0. The molecule has 192 valence electrons. The Labute approximate surface area is 217 Å². The quantitative estimate of drug-likeness (QED) is 0.464. The molecule has 6 nitrogen and oxygen atoms in total. The van der Waals surface area contributed by atoms with E-state index in [0.29, 0.717) is 24.3 Å². The summed E-state index contributed by atoms with van der Waals surface area (Å²) < 4.78 is 0. The van der Waals surface area contributed by atoms with Gasteiger partial charge >= 0.3 is 0 Å². The van der Waals surface area contributed by atoms with Crippen LogP contribution in [0.25, 0.3) is 0 Å². The monoisotopic (exact) mass is 498 g/mol. The van der Waals surface area contributed by atoms with Gasteiger partial charge in [0, 0.05) is 42.1 Å². The number of piperidine rings is 1. The third kappa shape index (κ3) is 3.85. The van der Waals surface area contributed by atoms with E-state index in [0.717, 1.165) is 41.9 Å². The number of nitrogens with one attached hydrogen (secondary N) is 1. The highest BCUT2D eigenvalue weighted by Gasteiger charge is 2.61. The predicted molar refractivity (Wildman–Crippen MR) is 142 cm³/mol. The second-order valence-corrected chi connectivity index (χ2v) is 11.4. The lowest BCUT2D eigenvalue weighted by Crippen LogP contribution is -2.71. The van der Waals surface area contributed by atoms with Crippen molar-refractivity contribution in [3.05, 3.63) is 98.5 Å². The van der Waals surface area contributed by atoms with Gasteiger partial charge in [-0.25, -0.2) is 0 Å². The molecule has 2 fully saturated rings. The van der Waals surface area contributed by atoms with Crippen molar-refractivity contribution in [3.63, 3.8) is 0 Å². The largest absolute Gasteiger partial charge is 0.508 e. The van der Waals surface area contributed by atoms with Crippen molar-refractivity contribution in [3.8, 4) is 5.75 Å². The van der Waals surface area contributed by atoms with Crippen LogP contribution >= 0.6 is 0 Å². The van der Waals surface area contributed by atoms with E-state index in [1.165, 1.54) is 12.8 Å². The number of hydrogen-bond acceptors (Lipinski definition) is 5. The Balaban J connectivity index is 1.49. The van der Waals surface area contributed by atoms with Crippen LogP contribution in [0.15, 0.2) is 59.4 Å². The lowest BCUT2D eigenvalue weighted by molar-refractivity contribution is -0.139. The molecule has 3 aromatic rings. The molecule has 3 atom stereocenters. The van der Waals surface area contributed by atoms with Crippen LogP contribution < -0.4 is 5.56 Å². The van der Waals surface area contributed by atoms with E-state index >= 15 is 0 Å². The number of pyridine rings is 1. The van der Waals surface area contributed by atoms with Gasteiger partial charge < -0.3 is 15.2 Å². The highest BCUT2D eigenvalue weighted by molar-refractivity contribution is 6.08. The van der Waals surface area contributed by atoms with Crippen molar-refractivity contribution in [1.82, 2.24) is 9.88 Å². The van der Waals surface area contributed by atoms with Crippen LogP contribution in [0.4, 0.5) is 0 Å². The standard InChI is InChI=1S/C31H34N2O4/c1-19-8-11-24(34)15-26(19)30-12-13-33(18-21-9-10-21)20(2)31(30,37)16-23-14-25(29(36)32-27(23)17-30)28(35)22-6-4-3-5-7-22/h3-8,11,14-15,20-21,34,37H,9-10,12-13,16-18H2,1-2H3,(H,32,36)/t20-,30?,31-/m1/s1. The molecule has 6 rings (SSSR count). The first-order valence-corrected chi connectivity index (χ1v) is 13.3. The number of rotatable bonds is 5. The molecule has 6 heteroatoms. The van der Waals surface area contributed by atoms with E-state index in [4.69, 9.17) is 0 Å². The molecule has 3 aliphatic rings. The lowest BCUT2D eigenvalue weighted by atomic mass is 9.53. The second kappa shape index (κ2) is 8.67. The number of carbonyl (C=O) groups is 1. The number of aromatic nitrogens is 1. The van der Waals surface area contributed by atoms with Crippen molar-refractivity contribution in [2.24, 2.45) is 5.92 Å². The fraction of sp³-hybridized carbons (Fsp3) is 0.419. The first-order valence-electron chi connectivity index (χ1n) is 13.3. The molecule has 2 heterocycles. The number of hydrogen-bond donors (Lipinski definition) is 3. The van der Waals surface area contributed by atoms with Crippen LogP contribution in [0.2, 0.25) is 0 Å². The molecule has 1 saturated carbocycles. The number of carbonyl (C=O) groups excluding carboxylic acids is 1. The van der Waals surface area contributed by atoms with E-state index in [1.54, 1.807) is 42.5 Å². The topological polar surface area (TPSA) is 93.6 Å². The van der Waals surface area contributed by atoms with Gasteiger partial charge in [0.05, 0.1) is 11.2 Å². The molecular formula is C31H34N2O4. The molecular weight excluding hydrogens is 464 g/mol. The Morgan fingerprint density at radius 3 is 2.59 bits per heavy atom. The fourth-order valence-corrected chi connectivity index (χ4v) is 6.91. The minimum atomic E-state index is -1.14. The first-order chi connectivity index (χ1) is 17.7. The van der Waals surface area contributed by atoms with Crippen LogP contribution in [0.1, 0.15) is 64.5 Å². The number of likely N-dealkylation sites (tertiary alicyclic amines) is 1. The summed E-state index contributed by atoms with van der Waals surface area (Å²) >= 11 is 0. The number of aliphatic hydroxyl groups is 1. The SMILES string of the molecule is Cc1ccc(O)cc1C12CCN(CC3CC3)[C@H](C)[C@]1(O)Cc1cc(C(=O)c3ccccc3)c(=O)[nH]c1C2. The minimum Gasteiger partial charge on any atom is -0.508 e. The molecule has 3 N–H and O–H groups in total.